The fraction of sp³-hybridized carbons (Fsp3) is 0.516. The van der Waals surface area contributed by atoms with Crippen LogP contribution in [0.3, 0.4) is 0 Å². The molecule has 0 saturated heterocycles. The summed E-state index contributed by atoms with van der Waals surface area (Å²) in [5.41, 5.74) is 10.6. The average Bonchev–Trinajstić information content (AvgIpc) is 2.99. The van der Waals surface area contributed by atoms with E-state index in [9.17, 15) is 14.4 Å². The Kier molecular flexibility index (Phi) is 27.1. The molecule has 2 heterocycles. The topological polar surface area (TPSA) is 104 Å². The molecule has 0 unspecified atom stereocenters. The number of amides is 2. The van der Waals surface area contributed by atoms with Crippen molar-refractivity contribution in [2.75, 3.05) is 19.6 Å². The molecule has 2 aliphatic heterocycles. The second-order valence-corrected chi connectivity index (χ2v) is 7.74. The molecule has 0 saturated carbocycles. The monoisotopic (exact) mass is 713 g/mol. The fourth-order valence-corrected chi connectivity index (χ4v) is 3.60. The third-order valence-electron chi connectivity index (χ3n) is 5.54. The summed E-state index contributed by atoms with van der Waals surface area (Å²) in [6, 6.07) is 16.6. The molecule has 2 aromatic rings. The van der Waals surface area contributed by atoms with Gasteiger partial charge in [0.05, 0.1) is 6.54 Å². The van der Waals surface area contributed by atoms with Crippen molar-refractivity contribution in [2.45, 2.75) is 87.7 Å². The molecule has 4 rings (SSSR count). The Morgan fingerprint density at radius 3 is 1.41 bits per heavy atom. The van der Waals surface area contributed by atoms with E-state index in [4.69, 9.17) is 10.8 Å². The second kappa shape index (κ2) is 25.8. The zero-order valence-corrected chi connectivity index (χ0v) is 28.3. The van der Waals surface area contributed by atoms with Crippen molar-refractivity contribution in [2.24, 2.45) is 5.73 Å². The van der Waals surface area contributed by atoms with E-state index in [1.165, 1.54) is 22.3 Å². The molecule has 2 aliphatic rings. The van der Waals surface area contributed by atoms with E-state index in [1.807, 2.05) is 69.5 Å². The zero-order valence-electron chi connectivity index (χ0n) is 25.3. The molecule has 2 amide bonds. The predicted molar refractivity (Wildman–Crippen MR) is 158 cm³/mol. The standard InChI is InChI=1S/C11H14N2O.C11H13NO.C3H6O2.3C2H6.W/c12-7-11(14)13-6-5-9-3-1-2-4-10(9)8-13;1-9(13)12-7-6-10-4-2-3-5-11(10)8-12;1-2-3(4)5;3*1-2;/h1-4H,5-8,12H2;2-5H,6-8H2,1H3;2H2,1H3,(H,4,5);3*1-2H3;. The van der Waals surface area contributed by atoms with Crippen LogP contribution in [0.2, 0.25) is 0 Å². The minimum Gasteiger partial charge on any atom is -0.481 e. The molecule has 0 radical (unpaired) electrons. The second-order valence-electron chi connectivity index (χ2n) is 7.74. The number of carbonyl (C=O) groups excluding carboxylic acids is 2. The van der Waals surface area contributed by atoms with Gasteiger partial charge in [-0.05, 0) is 35.1 Å². The molecule has 0 aromatic heterocycles. The minimum absolute atomic E-state index is 0. The summed E-state index contributed by atoms with van der Waals surface area (Å²) in [5, 5.41) is 7.72. The number of carboxylic acid groups (broad SMARTS) is 1. The maximum absolute atomic E-state index is 11.4. The molecule has 0 bridgehead atoms. The van der Waals surface area contributed by atoms with Crippen LogP contribution in [0.5, 0.6) is 0 Å². The molecular weight excluding hydrogens is 662 g/mol. The van der Waals surface area contributed by atoms with Crippen LogP contribution in [0.1, 0.15) is 84.1 Å². The molecule has 7 nitrogen and oxygen atoms in total. The molecule has 0 spiro atoms. The third-order valence-corrected chi connectivity index (χ3v) is 5.54. The molecule has 8 heteroatoms. The summed E-state index contributed by atoms with van der Waals surface area (Å²) >= 11 is 0. The maximum atomic E-state index is 11.4. The Morgan fingerprint density at radius 2 is 1.08 bits per heavy atom. The first-order chi connectivity index (χ1) is 18.3. The van der Waals surface area contributed by atoms with E-state index < -0.39 is 5.97 Å². The van der Waals surface area contributed by atoms with Crippen LogP contribution in [0, 0.1) is 0 Å². The number of carboxylic acids is 1. The number of benzene rings is 2. The third kappa shape index (κ3) is 16.3. The Hall–Kier alpha value is -2.50. The normalized spacial score (nSPS) is 11.9. The zero-order chi connectivity index (χ0) is 29.5. The van der Waals surface area contributed by atoms with Gasteiger partial charge in [0.25, 0.3) is 0 Å². The number of hydrogen-bond acceptors (Lipinski definition) is 4. The summed E-state index contributed by atoms with van der Waals surface area (Å²) in [4.78, 5) is 35.6. The van der Waals surface area contributed by atoms with Gasteiger partial charge in [0.15, 0.2) is 0 Å². The number of hydrogen-bond donors (Lipinski definition) is 2. The smallest absolute Gasteiger partial charge is 0.303 e. The molecule has 3 N–H and O–H groups in total. The predicted octanol–water partition coefficient (Wildman–Crippen LogP) is 5.68. The van der Waals surface area contributed by atoms with Crippen LogP contribution >= 0.6 is 0 Å². The average molecular weight is 714 g/mol. The Bertz CT molecular complexity index is 938. The van der Waals surface area contributed by atoms with E-state index in [-0.39, 0.29) is 45.8 Å². The fourth-order valence-electron chi connectivity index (χ4n) is 3.60. The molecule has 220 valence electrons. The SMILES string of the molecule is CC.CC.CC.CC(=O)N1CCc2ccccc2C1.CCC(=O)O.NCC(=O)N1CCc2ccccc2C1.[W]. The first-order valence-electron chi connectivity index (χ1n) is 13.9. The van der Waals surface area contributed by atoms with Gasteiger partial charge in [0.2, 0.25) is 11.8 Å². The minimum atomic E-state index is -0.745. The van der Waals surface area contributed by atoms with Crippen molar-refractivity contribution in [1.82, 2.24) is 9.80 Å². The van der Waals surface area contributed by atoms with Crippen molar-refractivity contribution in [3.05, 3.63) is 70.8 Å². The van der Waals surface area contributed by atoms with Gasteiger partial charge in [-0.3, -0.25) is 14.4 Å². The van der Waals surface area contributed by atoms with Gasteiger partial charge < -0.3 is 20.6 Å². The molecule has 0 fully saturated rings. The number of nitrogens with two attached hydrogens (primary N) is 1. The van der Waals surface area contributed by atoms with Gasteiger partial charge in [-0.25, -0.2) is 0 Å². The van der Waals surface area contributed by atoms with Crippen LogP contribution in [0.15, 0.2) is 48.5 Å². The van der Waals surface area contributed by atoms with Crippen molar-refractivity contribution >= 4 is 17.8 Å². The molecular formula is C31H51N3O4W. The Morgan fingerprint density at radius 1 is 0.744 bits per heavy atom. The van der Waals surface area contributed by atoms with E-state index in [1.54, 1.807) is 13.8 Å². The van der Waals surface area contributed by atoms with Crippen molar-refractivity contribution in [3.63, 3.8) is 0 Å². The number of nitrogens with zero attached hydrogens (tertiary/aromatic N) is 2. The summed E-state index contributed by atoms with van der Waals surface area (Å²) in [6.45, 7) is 18.5. The Balaban J connectivity index is -0.000000481. The first-order valence-corrected chi connectivity index (χ1v) is 13.9. The van der Waals surface area contributed by atoms with E-state index >= 15 is 0 Å². The molecule has 0 atom stereocenters. The molecule has 39 heavy (non-hydrogen) atoms. The van der Waals surface area contributed by atoms with Gasteiger partial charge in [0, 0.05) is 60.6 Å². The van der Waals surface area contributed by atoms with Crippen molar-refractivity contribution < 1.29 is 40.6 Å². The molecule has 2 aromatic carbocycles. The van der Waals surface area contributed by atoms with E-state index in [0.29, 0.717) is 6.54 Å². The van der Waals surface area contributed by atoms with Crippen LogP contribution in [-0.4, -0.2) is 52.3 Å². The van der Waals surface area contributed by atoms with Gasteiger partial charge in [-0.1, -0.05) is 97.0 Å². The van der Waals surface area contributed by atoms with E-state index in [0.717, 1.165) is 32.5 Å². The largest absolute Gasteiger partial charge is 0.481 e. The van der Waals surface area contributed by atoms with Crippen LogP contribution in [-0.2, 0) is 61.4 Å². The van der Waals surface area contributed by atoms with E-state index in [2.05, 4.69) is 30.3 Å². The first kappa shape index (κ1) is 41.0. The van der Waals surface area contributed by atoms with Crippen molar-refractivity contribution in [1.29, 1.82) is 0 Å². The number of fused-ring (bicyclic) bond motifs is 2. The van der Waals surface area contributed by atoms with Gasteiger partial charge in [-0.15, -0.1) is 0 Å². The van der Waals surface area contributed by atoms with Crippen LogP contribution < -0.4 is 5.73 Å². The van der Waals surface area contributed by atoms with Gasteiger partial charge >= 0.3 is 5.97 Å². The maximum Gasteiger partial charge on any atom is 0.303 e. The van der Waals surface area contributed by atoms with Crippen molar-refractivity contribution in [3.8, 4) is 0 Å². The molecule has 0 aliphatic carbocycles. The number of rotatable bonds is 2. The Labute approximate surface area is 251 Å². The van der Waals surface area contributed by atoms with Crippen LogP contribution in [0.4, 0.5) is 0 Å². The summed E-state index contributed by atoms with van der Waals surface area (Å²) in [6.07, 6.45) is 2.16. The summed E-state index contributed by atoms with van der Waals surface area (Å²) in [7, 11) is 0. The summed E-state index contributed by atoms with van der Waals surface area (Å²) < 4.78 is 0. The quantitative estimate of drug-likeness (QED) is 0.417. The van der Waals surface area contributed by atoms with Gasteiger partial charge in [0.1, 0.15) is 0 Å². The van der Waals surface area contributed by atoms with Gasteiger partial charge in [-0.2, -0.15) is 0 Å². The number of aliphatic carboxylic acids is 1. The van der Waals surface area contributed by atoms with Crippen LogP contribution in [0.25, 0.3) is 0 Å². The number of carbonyl (C=O) groups is 3. The summed E-state index contributed by atoms with van der Waals surface area (Å²) in [5.74, 6) is -0.529.